The van der Waals surface area contributed by atoms with E-state index in [0.717, 1.165) is 23.1 Å². The van der Waals surface area contributed by atoms with Gasteiger partial charge >= 0.3 is 0 Å². The maximum Gasteiger partial charge on any atom is 0.261 e. The fourth-order valence-corrected chi connectivity index (χ4v) is 3.94. The number of methoxy groups -OCH3 is 1. The van der Waals surface area contributed by atoms with E-state index in [1.54, 1.807) is 30.2 Å². The van der Waals surface area contributed by atoms with E-state index in [0.29, 0.717) is 29.5 Å². The van der Waals surface area contributed by atoms with Crippen LogP contribution in [0, 0.1) is 6.92 Å². The second kappa shape index (κ2) is 13.5. The highest BCUT2D eigenvalue weighted by molar-refractivity contribution is 6.31. The molecule has 0 aliphatic rings. The van der Waals surface area contributed by atoms with Gasteiger partial charge in [-0.05, 0) is 60.4 Å². The Labute approximate surface area is 218 Å². The van der Waals surface area contributed by atoms with E-state index in [2.05, 4.69) is 5.32 Å². The number of benzene rings is 3. The Morgan fingerprint density at radius 1 is 0.972 bits per heavy atom. The molecule has 36 heavy (non-hydrogen) atoms. The van der Waals surface area contributed by atoms with Gasteiger partial charge in [-0.2, -0.15) is 0 Å². The van der Waals surface area contributed by atoms with Crippen LogP contribution in [0.5, 0.6) is 11.5 Å². The van der Waals surface area contributed by atoms with Crippen LogP contribution in [-0.2, 0) is 22.6 Å². The molecular weight excluding hydrogens is 476 g/mol. The van der Waals surface area contributed by atoms with E-state index >= 15 is 0 Å². The fourth-order valence-electron chi connectivity index (χ4n) is 3.82. The Bertz CT molecular complexity index is 1150. The summed E-state index contributed by atoms with van der Waals surface area (Å²) in [6, 6.07) is 21.7. The molecule has 0 radical (unpaired) electrons. The van der Waals surface area contributed by atoms with Crippen molar-refractivity contribution in [2.24, 2.45) is 0 Å². The molecule has 0 aliphatic carbocycles. The highest BCUT2D eigenvalue weighted by Crippen LogP contribution is 2.22. The molecule has 190 valence electrons. The Balaban J connectivity index is 1.90. The van der Waals surface area contributed by atoms with Gasteiger partial charge in [0.25, 0.3) is 5.91 Å². The van der Waals surface area contributed by atoms with Gasteiger partial charge in [0.15, 0.2) is 6.61 Å². The summed E-state index contributed by atoms with van der Waals surface area (Å²) in [4.78, 5) is 28.5. The first-order valence-corrected chi connectivity index (χ1v) is 12.4. The van der Waals surface area contributed by atoms with Crippen molar-refractivity contribution in [1.29, 1.82) is 0 Å². The van der Waals surface area contributed by atoms with E-state index in [1.807, 2.05) is 68.4 Å². The van der Waals surface area contributed by atoms with Crippen molar-refractivity contribution in [2.45, 2.75) is 39.3 Å². The quantitative estimate of drug-likeness (QED) is 0.365. The lowest BCUT2D eigenvalue weighted by molar-refractivity contribution is -0.142. The Hall–Kier alpha value is -3.51. The molecule has 2 amide bonds. The van der Waals surface area contributed by atoms with Crippen molar-refractivity contribution in [3.63, 3.8) is 0 Å². The SMILES string of the molecule is CCCNC(=O)C(Cc1ccccc1)N(Cc1cccc(OC)c1)C(=O)COc1ccc(Cl)c(C)c1. The number of hydrogen-bond donors (Lipinski definition) is 1. The topological polar surface area (TPSA) is 67.9 Å². The Kier molecular flexibility index (Phi) is 10.2. The minimum atomic E-state index is -0.715. The normalized spacial score (nSPS) is 11.4. The van der Waals surface area contributed by atoms with Gasteiger partial charge in [0.1, 0.15) is 17.5 Å². The minimum absolute atomic E-state index is 0.195. The van der Waals surface area contributed by atoms with Gasteiger partial charge in [0.05, 0.1) is 7.11 Å². The number of ether oxygens (including phenoxy) is 2. The van der Waals surface area contributed by atoms with Gasteiger partial charge in [0.2, 0.25) is 5.91 Å². The average molecular weight is 509 g/mol. The average Bonchev–Trinajstić information content (AvgIpc) is 2.90. The van der Waals surface area contributed by atoms with E-state index in [1.165, 1.54) is 0 Å². The van der Waals surface area contributed by atoms with Gasteiger partial charge in [0, 0.05) is 24.5 Å². The van der Waals surface area contributed by atoms with Crippen LogP contribution >= 0.6 is 11.6 Å². The largest absolute Gasteiger partial charge is 0.497 e. The van der Waals surface area contributed by atoms with Crippen LogP contribution in [0.3, 0.4) is 0 Å². The standard InChI is InChI=1S/C29H33ClN2O4/c1-4-15-31-29(34)27(18-22-9-6-5-7-10-22)32(19-23-11-8-12-24(17-23)35-3)28(33)20-36-25-13-14-26(30)21(2)16-25/h5-14,16-17,27H,4,15,18-20H2,1-3H3,(H,31,34). The molecule has 0 aromatic heterocycles. The van der Waals surface area contributed by atoms with Gasteiger partial charge in [-0.15, -0.1) is 0 Å². The summed E-state index contributed by atoms with van der Waals surface area (Å²) < 4.78 is 11.2. The predicted octanol–water partition coefficient (Wildman–Crippen LogP) is 5.20. The number of hydrogen-bond acceptors (Lipinski definition) is 4. The number of halogens is 1. The number of nitrogens with zero attached hydrogens (tertiary/aromatic N) is 1. The van der Waals surface area contributed by atoms with E-state index in [9.17, 15) is 9.59 Å². The molecular formula is C29H33ClN2O4. The molecule has 0 saturated heterocycles. The first kappa shape index (κ1) is 27.1. The first-order valence-electron chi connectivity index (χ1n) is 12.0. The van der Waals surface area contributed by atoms with Gasteiger partial charge < -0.3 is 19.7 Å². The molecule has 0 aliphatic heterocycles. The van der Waals surface area contributed by atoms with Crippen LogP contribution in [0.4, 0.5) is 0 Å². The Morgan fingerprint density at radius 3 is 2.42 bits per heavy atom. The number of rotatable bonds is 12. The van der Waals surface area contributed by atoms with Crippen molar-refractivity contribution >= 4 is 23.4 Å². The van der Waals surface area contributed by atoms with Crippen molar-refractivity contribution < 1.29 is 19.1 Å². The molecule has 3 aromatic carbocycles. The van der Waals surface area contributed by atoms with Crippen molar-refractivity contribution in [2.75, 3.05) is 20.3 Å². The summed E-state index contributed by atoms with van der Waals surface area (Å²) in [5.41, 5.74) is 2.67. The van der Waals surface area contributed by atoms with Crippen LogP contribution in [0.15, 0.2) is 72.8 Å². The lowest BCUT2D eigenvalue weighted by Gasteiger charge is -2.31. The van der Waals surface area contributed by atoms with E-state index in [-0.39, 0.29) is 25.0 Å². The number of carbonyl (C=O) groups excluding carboxylic acids is 2. The van der Waals surface area contributed by atoms with Crippen LogP contribution in [0.2, 0.25) is 5.02 Å². The van der Waals surface area contributed by atoms with Crippen LogP contribution < -0.4 is 14.8 Å². The van der Waals surface area contributed by atoms with Gasteiger partial charge in [-0.25, -0.2) is 0 Å². The molecule has 1 N–H and O–H groups in total. The van der Waals surface area contributed by atoms with Gasteiger partial charge in [-0.3, -0.25) is 9.59 Å². The molecule has 0 bridgehead atoms. The minimum Gasteiger partial charge on any atom is -0.497 e. The van der Waals surface area contributed by atoms with Gasteiger partial charge in [-0.1, -0.05) is 61.0 Å². The number of aryl methyl sites for hydroxylation is 1. The summed E-state index contributed by atoms with van der Waals surface area (Å²) in [6.45, 7) is 4.42. The van der Waals surface area contributed by atoms with Crippen molar-refractivity contribution in [3.8, 4) is 11.5 Å². The number of amides is 2. The van der Waals surface area contributed by atoms with Crippen molar-refractivity contribution in [1.82, 2.24) is 10.2 Å². The summed E-state index contributed by atoms with van der Waals surface area (Å²) in [6.07, 6.45) is 1.18. The third-order valence-corrected chi connectivity index (χ3v) is 6.22. The zero-order valence-corrected chi connectivity index (χ0v) is 21.8. The molecule has 1 atom stereocenters. The molecule has 0 spiro atoms. The molecule has 7 heteroatoms. The first-order chi connectivity index (χ1) is 17.4. The van der Waals surface area contributed by atoms with Crippen molar-refractivity contribution in [3.05, 3.63) is 94.5 Å². The lowest BCUT2D eigenvalue weighted by Crippen LogP contribution is -2.51. The molecule has 6 nitrogen and oxygen atoms in total. The summed E-state index contributed by atoms with van der Waals surface area (Å²) in [7, 11) is 1.60. The molecule has 0 saturated carbocycles. The second-order valence-electron chi connectivity index (χ2n) is 8.57. The zero-order valence-electron chi connectivity index (χ0n) is 21.0. The Morgan fingerprint density at radius 2 is 1.72 bits per heavy atom. The molecule has 3 rings (SSSR count). The fraction of sp³-hybridized carbons (Fsp3) is 0.310. The maximum atomic E-state index is 13.6. The number of nitrogens with one attached hydrogen (secondary N) is 1. The highest BCUT2D eigenvalue weighted by Gasteiger charge is 2.30. The third-order valence-electron chi connectivity index (χ3n) is 5.80. The maximum absolute atomic E-state index is 13.6. The molecule has 0 heterocycles. The zero-order chi connectivity index (χ0) is 25.9. The van der Waals surface area contributed by atoms with Crippen LogP contribution in [0.1, 0.15) is 30.0 Å². The monoisotopic (exact) mass is 508 g/mol. The molecule has 3 aromatic rings. The van der Waals surface area contributed by atoms with Crippen LogP contribution in [-0.4, -0.2) is 43.0 Å². The van der Waals surface area contributed by atoms with E-state index in [4.69, 9.17) is 21.1 Å². The summed E-state index contributed by atoms with van der Waals surface area (Å²) in [5.74, 6) is 0.738. The van der Waals surface area contributed by atoms with Crippen LogP contribution in [0.25, 0.3) is 0 Å². The summed E-state index contributed by atoms with van der Waals surface area (Å²) in [5, 5.41) is 3.60. The smallest absolute Gasteiger partial charge is 0.261 e. The third kappa shape index (κ3) is 7.75. The highest BCUT2D eigenvalue weighted by atomic mass is 35.5. The number of carbonyl (C=O) groups is 2. The predicted molar refractivity (Wildman–Crippen MR) is 142 cm³/mol. The van der Waals surface area contributed by atoms with E-state index < -0.39 is 6.04 Å². The molecule has 0 fully saturated rings. The summed E-state index contributed by atoms with van der Waals surface area (Å²) >= 11 is 6.12. The second-order valence-corrected chi connectivity index (χ2v) is 8.98. The lowest BCUT2D eigenvalue weighted by atomic mass is 10.0. The molecule has 1 unspecified atom stereocenters.